The number of thioether (sulfide) groups is 1. The van der Waals surface area contributed by atoms with Crippen LogP contribution in [0.4, 0.5) is 0 Å². The highest BCUT2D eigenvalue weighted by atomic mass is 32.2. The molecule has 0 spiro atoms. The Kier molecular flexibility index (Phi) is 5.64. The van der Waals surface area contributed by atoms with Crippen LogP contribution < -0.4 is 0 Å². The molecule has 0 aliphatic carbocycles. The van der Waals surface area contributed by atoms with E-state index in [9.17, 15) is 0 Å². The monoisotopic (exact) mass is 211 g/mol. The highest BCUT2D eigenvalue weighted by Gasteiger charge is 1.95. The average molecular weight is 211 g/mol. The zero-order chi connectivity index (χ0) is 10.2. The molecule has 0 aliphatic rings. The van der Waals surface area contributed by atoms with Crippen molar-refractivity contribution in [2.45, 2.75) is 31.1 Å². The highest BCUT2D eigenvalue weighted by Crippen LogP contribution is 2.19. The number of aliphatic hydroxyl groups is 1. The molecule has 0 amide bonds. The maximum atomic E-state index is 8.60. The van der Waals surface area contributed by atoms with Crippen LogP contribution in [0.25, 0.3) is 0 Å². The van der Waals surface area contributed by atoms with E-state index in [1.807, 2.05) is 24.2 Å². The Morgan fingerprint density at radius 2 is 2.14 bits per heavy atom. The lowest BCUT2D eigenvalue weighted by molar-refractivity contribution is 0.284. The molecule has 14 heavy (non-hydrogen) atoms. The second-order valence-electron chi connectivity index (χ2n) is 3.33. The van der Waals surface area contributed by atoms with E-state index in [0.717, 1.165) is 18.6 Å². The molecule has 0 saturated heterocycles. The number of aliphatic hydroxyl groups excluding tert-OH is 1. The lowest BCUT2D eigenvalue weighted by Crippen LogP contribution is -1.86. The van der Waals surface area contributed by atoms with Gasteiger partial charge < -0.3 is 5.11 Å². The Balaban J connectivity index is 2.18. The van der Waals surface area contributed by atoms with Crippen molar-refractivity contribution in [1.82, 2.24) is 4.98 Å². The Labute approximate surface area is 89.8 Å². The summed E-state index contributed by atoms with van der Waals surface area (Å²) in [7, 11) is 0. The number of nitrogens with zero attached hydrogens (tertiary/aromatic N) is 1. The van der Waals surface area contributed by atoms with E-state index in [1.54, 1.807) is 0 Å². The van der Waals surface area contributed by atoms with Crippen molar-refractivity contribution in [3.8, 4) is 0 Å². The number of aromatic nitrogens is 1. The fraction of sp³-hybridized carbons (Fsp3) is 0.545. The van der Waals surface area contributed by atoms with Crippen LogP contribution in [0.2, 0.25) is 0 Å². The third kappa shape index (κ3) is 4.63. The van der Waals surface area contributed by atoms with Crippen LogP contribution in [-0.4, -0.2) is 22.5 Å². The fourth-order valence-electron chi connectivity index (χ4n) is 1.19. The van der Waals surface area contributed by atoms with E-state index in [1.165, 1.54) is 16.9 Å². The van der Waals surface area contributed by atoms with E-state index >= 15 is 0 Å². The summed E-state index contributed by atoms with van der Waals surface area (Å²) in [4.78, 5) is 5.38. The van der Waals surface area contributed by atoms with E-state index in [2.05, 4.69) is 18.0 Å². The summed E-state index contributed by atoms with van der Waals surface area (Å²) in [5.41, 5.74) is 1.21. The molecule has 0 fully saturated rings. The molecular weight excluding hydrogens is 194 g/mol. The lowest BCUT2D eigenvalue weighted by atomic mass is 10.3. The van der Waals surface area contributed by atoms with Gasteiger partial charge in [-0.2, -0.15) is 0 Å². The summed E-state index contributed by atoms with van der Waals surface area (Å²) >= 11 is 1.84. The quantitative estimate of drug-likeness (QED) is 0.580. The van der Waals surface area contributed by atoms with Crippen LogP contribution in [0.15, 0.2) is 23.4 Å². The molecule has 0 saturated carbocycles. The van der Waals surface area contributed by atoms with Crippen molar-refractivity contribution < 1.29 is 5.11 Å². The van der Waals surface area contributed by atoms with Gasteiger partial charge in [-0.15, -0.1) is 11.8 Å². The standard InChI is InChI=1S/C11H17NOS/c1-10-7-11(9-12-8-10)14-6-4-2-3-5-13/h7-9,13H,2-6H2,1H3. The minimum Gasteiger partial charge on any atom is -0.396 e. The second kappa shape index (κ2) is 6.85. The molecule has 0 atom stereocenters. The first-order valence-electron chi connectivity index (χ1n) is 4.98. The van der Waals surface area contributed by atoms with Crippen LogP contribution >= 0.6 is 11.8 Å². The normalized spacial score (nSPS) is 10.4. The van der Waals surface area contributed by atoms with Crippen LogP contribution in [-0.2, 0) is 0 Å². The van der Waals surface area contributed by atoms with E-state index in [0.29, 0.717) is 6.61 Å². The molecule has 1 aromatic rings. The molecule has 78 valence electrons. The molecule has 2 nitrogen and oxygen atoms in total. The first-order valence-corrected chi connectivity index (χ1v) is 5.97. The van der Waals surface area contributed by atoms with E-state index < -0.39 is 0 Å². The number of rotatable bonds is 6. The molecule has 1 rings (SSSR count). The maximum Gasteiger partial charge on any atom is 0.0431 e. The molecule has 0 radical (unpaired) electrons. The fourth-order valence-corrected chi connectivity index (χ4v) is 2.18. The number of pyridine rings is 1. The zero-order valence-corrected chi connectivity index (χ0v) is 9.39. The van der Waals surface area contributed by atoms with Gasteiger partial charge in [0.2, 0.25) is 0 Å². The summed E-state index contributed by atoms with van der Waals surface area (Å²) in [5, 5.41) is 8.60. The number of hydrogen-bond acceptors (Lipinski definition) is 3. The highest BCUT2D eigenvalue weighted by molar-refractivity contribution is 7.99. The molecule has 0 aromatic carbocycles. The lowest BCUT2D eigenvalue weighted by Gasteiger charge is -2.01. The van der Waals surface area contributed by atoms with Gasteiger partial charge in [-0.25, -0.2) is 0 Å². The predicted molar refractivity (Wildman–Crippen MR) is 60.6 cm³/mol. The molecule has 0 bridgehead atoms. The van der Waals surface area contributed by atoms with Gasteiger partial charge in [0.05, 0.1) is 0 Å². The maximum absolute atomic E-state index is 8.60. The van der Waals surface area contributed by atoms with Gasteiger partial charge in [0.1, 0.15) is 0 Å². The molecule has 1 N–H and O–H groups in total. The number of unbranched alkanes of at least 4 members (excludes halogenated alkanes) is 2. The Morgan fingerprint density at radius 3 is 2.86 bits per heavy atom. The average Bonchev–Trinajstić information content (AvgIpc) is 2.18. The molecule has 1 heterocycles. The number of hydrogen-bond donors (Lipinski definition) is 1. The molecular formula is C11H17NOS. The summed E-state index contributed by atoms with van der Waals surface area (Å²) in [6.45, 7) is 2.37. The summed E-state index contributed by atoms with van der Waals surface area (Å²) in [6.07, 6.45) is 6.98. The Bertz CT molecular complexity index is 265. The van der Waals surface area contributed by atoms with Crippen LogP contribution in [0, 0.1) is 6.92 Å². The summed E-state index contributed by atoms with van der Waals surface area (Å²) in [5.74, 6) is 1.12. The van der Waals surface area contributed by atoms with Crippen molar-refractivity contribution in [3.05, 3.63) is 24.0 Å². The van der Waals surface area contributed by atoms with Gasteiger partial charge >= 0.3 is 0 Å². The van der Waals surface area contributed by atoms with Crippen molar-refractivity contribution in [2.24, 2.45) is 0 Å². The van der Waals surface area contributed by atoms with Gasteiger partial charge in [0.25, 0.3) is 0 Å². The predicted octanol–water partition coefficient (Wildman–Crippen LogP) is 2.64. The van der Waals surface area contributed by atoms with Gasteiger partial charge in [0, 0.05) is 23.9 Å². The Hall–Kier alpha value is -0.540. The smallest absolute Gasteiger partial charge is 0.0431 e. The molecule has 1 aromatic heterocycles. The first kappa shape index (κ1) is 11.5. The minimum atomic E-state index is 0.316. The van der Waals surface area contributed by atoms with Crippen molar-refractivity contribution >= 4 is 11.8 Å². The number of aryl methyl sites for hydroxylation is 1. The van der Waals surface area contributed by atoms with Gasteiger partial charge in [0.15, 0.2) is 0 Å². The third-order valence-corrected chi connectivity index (χ3v) is 2.97. The summed E-state index contributed by atoms with van der Waals surface area (Å²) in [6, 6.07) is 2.16. The van der Waals surface area contributed by atoms with E-state index in [-0.39, 0.29) is 0 Å². The van der Waals surface area contributed by atoms with Crippen LogP contribution in [0.1, 0.15) is 24.8 Å². The van der Waals surface area contributed by atoms with Crippen molar-refractivity contribution in [2.75, 3.05) is 12.4 Å². The molecule has 0 aliphatic heterocycles. The van der Waals surface area contributed by atoms with E-state index in [4.69, 9.17) is 5.11 Å². The largest absolute Gasteiger partial charge is 0.396 e. The SMILES string of the molecule is Cc1cncc(SCCCCCO)c1. The van der Waals surface area contributed by atoms with Crippen LogP contribution in [0.5, 0.6) is 0 Å². The first-order chi connectivity index (χ1) is 6.83. The third-order valence-electron chi connectivity index (χ3n) is 1.92. The van der Waals surface area contributed by atoms with Gasteiger partial charge in [-0.3, -0.25) is 4.98 Å². The molecule has 0 unspecified atom stereocenters. The van der Waals surface area contributed by atoms with Crippen molar-refractivity contribution in [3.63, 3.8) is 0 Å². The summed E-state index contributed by atoms with van der Waals surface area (Å²) < 4.78 is 0. The van der Waals surface area contributed by atoms with Gasteiger partial charge in [-0.05, 0) is 37.1 Å². The second-order valence-corrected chi connectivity index (χ2v) is 4.50. The minimum absolute atomic E-state index is 0.316. The molecule has 3 heteroatoms. The van der Waals surface area contributed by atoms with Crippen molar-refractivity contribution in [1.29, 1.82) is 0 Å². The topological polar surface area (TPSA) is 33.1 Å². The zero-order valence-electron chi connectivity index (χ0n) is 8.57. The van der Waals surface area contributed by atoms with Gasteiger partial charge in [-0.1, -0.05) is 6.42 Å². The Morgan fingerprint density at radius 1 is 1.29 bits per heavy atom. The van der Waals surface area contributed by atoms with Crippen LogP contribution in [0.3, 0.4) is 0 Å².